The van der Waals surface area contributed by atoms with Crippen LogP contribution < -0.4 is 14.8 Å². The number of nitrogens with zero attached hydrogens (tertiary/aromatic N) is 2. The Morgan fingerprint density at radius 2 is 1.72 bits per heavy atom. The predicted molar refractivity (Wildman–Crippen MR) is 104 cm³/mol. The average Bonchev–Trinajstić information content (AvgIpc) is 2.72. The fraction of sp³-hybridized carbons (Fsp3) is 0.500. The number of likely N-dealkylation sites (N-methyl/N-ethyl adjacent to an activating group) is 1. The molecule has 0 radical (unpaired) electrons. The standard InChI is InChI=1S/C20H27N3O6/c1-13(2)18(20(26)29-12-17(24)23(3)8-6-7-21)22-19(25)14-9-15(27-4)11-16(10-14)28-5/h9-11,13,18H,6,8,12H2,1-5H3,(H,22,25)/t18-/m0/s1. The fourth-order valence-corrected chi connectivity index (χ4v) is 2.34. The second-order valence-corrected chi connectivity index (χ2v) is 6.63. The molecule has 0 fully saturated rings. The van der Waals surface area contributed by atoms with Gasteiger partial charge in [-0.3, -0.25) is 9.59 Å². The lowest BCUT2D eigenvalue weighted by molar-refractivity contribution is -0.154. The van der Waals surface area contributed by atoms with Crippen molar-refractivity contribution >= 4 is 17.8 Å². The summed E-state index contributed by atoms with van der Waals surface area (Å²) in [5.41, 5.74) is 0.256. The summed E-state index contributed by atoms with van der Waals surface area (Å²) in [7, 11) is 4.45. The number of amides is 2. The highest BCUT2D eigenvalue weighted by Gasteiger charge is 2.27. The van der Waals surface area contributed by atoms with Crippen molar-refractivity contribution in [1.82, 2.24) is 10.2 Å². The lowest BCUT2D eigenvalue weighted by atomic mass is 10.0. The van der Waals surface area contributed by atoms with Crippen molar-refractivity contribution in [1.29, 1.82) is 5.26 Å². The lowest BCUT2D eigenvalue weighted by Crippen LogP contribution is -2.46. The topological polar surface area (TPSA) is 118 Å². The summed E-state index contributed by atoms with van der Waals surface area (Å²) in [4.78, 5) is 38.3. The van der Waals surface area contributed by atoms with Crippen molar-refractivity contribution in [3.8, 4) is 17.6 Å². The zero-order chi connectivity index (χ0) is 22.0. The largest absolute Gasteiger partial charge is 0.497 e. The summed E-state index contributed by atoms with van der Waals surface area (Å²) >= 11 is 0. The molecule has 1 aromatic rings. The molecular formula is C20H27N3O6. The average molecular weight is 405 g/mol. The number of carbonyl (C=O) groups excluding carboxylic acids is 3. The maximum Gasteiger partial charge on any atom is 0.329 e. The summed E-state index contributed by atoms with van der Waals surface area (Å²) in [6.07, 6.45) is 0.185. The smallest absolute Gasteiger partial charge is 0.329 e. The quantitative estimate of drug-likeness (QED) is 0.584. The molecular weight excluding hydrogens is 378 g/mol. The van der Waals surface area contributed by atoms with Gasteiger partial charge < -0.3 is 24.4 Å². The van der Waals surface area contributed by atoms with Gasteiger partial charge in [-0.15, -0.1) is 0 Å². The molecule has 1 rings (SSSR count). The van der Waals surface area contributed by atoms with Gasteiger partial charge in [-0.05, 0) is 18.1 Å². The third kappa shape index (κ3) is 7.33. The number of methoxy groups -OCH3 is 2. The number of hydrogen-bond donors (Lipinski definition) is 1. The summed E-state index contributed by atoms with van der Waals surface area (Å²) in [6.45, 7) is 3.28. The molecule has 0 bridgehead atoms. The summed E-state index contributed by atoms with van der Waals surface area (Å²) in [6, 6.07) is 5.66. The first-order chi connectivity index (χ1) is 13.7. The zero-order valence-electron chi connectivity index (χ0n) is 17.4. The highest BCUT2D eigenvalue weighted by atomic mass is 16.5. The number of benzene rings is 1. The Bertz CT molecular complexity index is 750. The predicted octanol–water partition coefficient (Wildman–Crippen LogP) is 1.37. The molecule has 1 atom stereocenters. The van der Waals surface area contributed by atoms with Gasteiger partial charge in [0.25, 0.3) is 11.8 Å². The van der Waals surface area contributed by atoms with E-state index in [1.165, 1.54) is 38.3 Å². The lowest BCUT2D eigenvalue weighted by Gasteiger charge is -2.22. The van der Waals surface area contributed by atoms with Crippen molar-refractivity contribution in [3.63, 3.8) is 0 Å². The van der Waals surface area contributed by atoms with Gasteiger partial charge in [0.2, 0.25) is 0 Å². The van der Waals surface area contributed by atoms with Crippen LogP contribution in [0.15, 0.2) is 18.2 Å². The molecule has 9 nitrogen and oxygen atoms in total. The second kappa shape index (κ2) is 11.5. The molecule has 0 aliphatic heterocycles. The van der Waals surface area contributed by atoms with Crippen molar-refractivity contribution in [2.45, 2.75) is 26.3 Å². The van der Waals surface area contributed by atoms with Crippen LogP contribution in [0.5, 0.6) is 11.5 Å². The first kappa shape index (κ1) is 23.8. The molecule has 0 aliphatic rings. The molecule has 0 saturated heterocycles. The van der Waals surface area contributed by atoms with Crippen LogP contribution in [0, 0.1) is 17.2 Å². The van der Waals surface area contributed by atoms with Gasteiger partial charge >= 0.3 is 5.97 Å². The Labute approximate surface area is 170 Å². The molecule has 1 aromatic carbocycles. The van der Waals surface area contributed by atoms with Gasteiger partial charge in [-0.2, -0.15) is 5.26 Å². The Kier molecular flexibility index (Phi) is 9.45. The number of ether oxygens (including phenoxy) is 3. The molecule has 1 N–H and O–H groups in total. The number of nitriles is 1. The van der Waals surface area contributed by atoms with Crippen molar-refractivity contribution < 1.29 is 28.6 Å². The van der Waals surface area contributed by atoms with Crippen LogP contribution >= 0.6 is 0 Å². The van der Waals surface area contributed by atoms with Crippen LogP contribution in [0.2, 0.25) is 0 Å². The van der Waals surface area contributed by atoms with Crippen molar-refractivity contribution in [2.24, 2.45) is 5.92 Å². The van der Waals surface area contributed by atoms with E-state index in [2.05, 4.69) is 5.32 Å². The normalized spacial score (nSPS) is 11.2. The van der Waals surface area contributed by atoms with Crippen molar-refractivity contribution in [3.05, 3.63) is 23.8 Å². The van der Waals surface area contributed by atoms with E-state index in [1.54, 1.807) is 19.9 Å². The van der Waals surface area contributed by atoms with Crippen LogP contribution in [0.3, 0.4) is 0 Å². The van der Waals surface area contributed by atoms with Gasteiger partial charge in [-0.25, -0.2) is 4.79 Å². The van der Waals surface area contributed by atoms with E-state index in [0.717, 1.165) is 0 Å². The Morgan fingerprint density at radius 1 is 1.14 bits per heavy atom. The molecule has 0 aromatic heterocycles. The third-order valence-corrected chi connectivity index (χ3v) is 4.14. The minimum absolute atomic E-state index is 0.185. The van der Waals surface area contributed by atoms with E-state index < -0.39 is 30.4 Å². The highest BCUT2D eigenvalue weighted by Crippen LogP contribution is 2.22. The van der Waals surface area contributed by atoms with Crippen LogP contribution in [-0.4, -0.2) is 63.1 Å². The summed E-state index contributed by atoms with van der Waals surface area (Å²) < 4.78 is 15.4. The maximum absolute atomic E-state index is 12.6. The van der Waals surface area contributed by atoms with Gasteiger partial charge in [0.1, 0.15) is 17.5 Å². The van der Waals surface area contributed by atoms with Crippen molar-refractivity contribution in [2.75, 3.05) is 34.4 Å². The molecule has 9 heteroatoms. The molecule has 0 unspecified atom stereocenters. The number of hydrogen-bond acceptors (Lipinski definition) is 7. The first-order valence-corrected chi connectivity index (χ1v) is 9.05. The number of esters is 1. The molecule has 0 spiro atoms. The highest BCUT2D eigenvalue weighted by molar-refractivity contribution is 5.97. The fourth-order valence-electron chi connectivity index (χ4n) is 2.34. The Balaban J connectivity index is 2.80. The third-order valence-electron chi connectivity index (χ3n) is 4.14. The van der Waals surface area contributed by atoms with Gasteiger partial charge in [0.15, 0.2) is 6.61 Å². The van der Waals surface area contributed by atoms with Gasteiger partial charge in [0, 0.05) is 25.2 Å². The minimum atomic E-state index is -0.947. The van der Waals surface area contributed by atoms with Crippen LogP contribution in [0.25, 0.3) is 0 Å². The molecule has 158 valence electrons. The van der Waals surface area contributed by atoms with E-state index >= 15 is 0 Å². The Morgan fingerprint density at radius 3 is 2.21 bits per heavy atom. The van der Waals surface area contributed by atoms with Gasteiger partial charge in [-0.1, -0.05) is 13.8 Å². The van der Waals surface area contributed by atoms with E-state index in [-0.39, 0.29) is 24.4 Å². The maximum atomic E-state index is 12.6. The Hall–Kier alpha value is -3.28. The SMILES string of the molecule is COc1cc(OC)cc(C(=O)N[C@H](C(=O)OCC(=O)N(C)CCC#N)C(C)C)c1. The van der Waals surface area contributed by atoms with Crippen LogP contribution in [0.4, 0.5) is 0 Å². The second-order valence-electron chi connectivity index (χ2n) is 6.63. The van der Waals surface area contributed by atoms with Crippen LogP contribution in [-0.2, 0) is 14.3 Å². The first-order valence-electron chi connectivity index (χ1n) is 9.05. The molecule has 0 saturated carbocycles. The summed E-state index contributed by atoms with van der Waals surface area (Å²) in [5, 5.41) is 11.2. The van der Waals surface area contributed by atoms with E-state index in [9.17, 15) is 14.4 Å². The van der Waals surface area contributed by atoms with E-state index in [4.69, 9.17) is 19.5 Å². The molecule has 0 aliphatic carbocycles. The number of carbonyl (C=O) groups is 3. The number of nitrogens with one attached hydrogen (secondary N) is 1. The monoisotopic (exact) mass is 405 g/mol. The zero-order valence-corrected chi connectivity index (χ0v) is 17.4. The molecule has 0 heterocycles. The van der Waals surface area contributed by atoms with E-state index in [1.807, 2.05) is 6.07 Å². The molecule has 29 heavy (non-hydrogen) atoms. The number of rotatable bonds is 10. The van der Waals surface area contributed by atoms with Gasteiger partial charge in [0.05, 0.1) is 26.7 Å². The minimum Gasteiger partial charge on any atom is -0.497 e. The van der Waals surface area contributed by atoms with E-state index in [0.29, 0.717) is 11.5 Å². The summed E-state index contributed by atoms with van der Waals surface area (Å²) in [5.74, 6) is -1.06. The van der Waals surface area contributed by atoms with Crippen LogP contribution in [0.1, 0.15) is 30.6 Å². The molecule has 2 amide bonds.